The van der Waals surface area contributed by atoms with Crippen molar-refractivity contribution in [2.45, 2.75) is 63.5 Å². The molecule has 1 aliphatic heterocycles. The van der Waals surface area contributed by atoms with Gasteiger partial charge in [-0.1, -0.05) is 12.5 Å². The molecule has 1 saturated heterocycles. The zero-order chi connectivity index (χ0) is 15.8. The van der Waals surface area contributed by atoms with E-state index >= 15 is 0 Å². The van der Waals surface area contributed by atoms with Gasteiger partial charge >= 0.3 is 0 Å². The molecule has 0 amide bonds. The fourth-order valence-electron chi connectivity index (χ4n) is 6.99. The van der Waals surface area contributed by atoms with E-state index in [2.05, 4.69) is 18.7 Å². The molecule has 4 fully saturated rings. The number of hydrogen-bond donors (Lipinski definition) is 0. The molecular formula is C20H26O2S. The maximum absolute atomic E-state index is 12.5. The quantitative estimate of drug-likeness (QED) is 0.676. The number of hydrogen-bond acceptors (Lipinski definition) is 3. The van der Waals surface area contributed by atoms with Gasteiger partial charge in [-0.05, 0) is 62.4 Å². The summed E-state index contributed by atoms with van der Waals surface area (Å²) in [5.41, 5.74) is 1.79. The molecular weight excluding hydrogens is 304 g/mol. The maximum Gasteiger partial charge on any atom is 0.155 e. The van der Waals surface area contributed by atoms with E-state index in [0.717, 1.165) is 55.6 Å². The minimum absolute atomic E-state index is 0.0231. The Labute approximate surface area is 142 Å². The molecule has 0 aromatic rings. The predicted octanol–water partition coefficient (Wildman–Crippen LogP) is 4.18. The van der Waals surface area contributed by atoms with Crippen LogP contribution < -0.4 is 0 Å². The molecule has 0 radical (unpaired) electrons. The first-order chi connectivity index (χ1) is 11.1. The van der Waals surface area contributed by atoms with Crippen LogP contribution in [-0.2, 0) is 9.59 Å². The third kappa shape index (κ3) is 1.83. The first-order valence-corrected chi connectivity index (χ1v) is 10.5. The van der Waals surface area contributed by atoms with E-state index in [0.29, 0.717) is 22.9 Å². The highest BCUT2D eigenvalue weighted by atomic mass is 32.2. The summed E-state index contributed by atoms with van der Waals surface area (Å²) in [5.74, 6) is 4.27. The van der Waals surface area contributed by atoms with Crippen LogP contribution >= 0.6 is 11.8 Å². The van der Waals surface area contributed by atoms with Crippen molar-refractivity contribution in [3.05, 3.63) is 11.6 Å². The van der Waals surface area contributed by atoms with Gasteiger partial charge in [0.05, 0.1) is 0 Å². The van der Waals surface area contributed by atoms with Crippen molar-refractivity contribution in [1.29, 1.82) is 0 Å². The lowest BCUT2D eigenvalue weighted by Gasteiger charge is -2.58. The van der Waals surface area contributed by atoms with Crippen molar-refractivity contribution < 1.29 is 9.59 Å². The Morgan fingerprint density at radius 1 is 1.04 bits per heavy atom. The predicted molar refractivity (Wildman–Crippen MR) is 92.3 cm³/mol. The number of carbonyl (C=O) groups is 2. The fraction of sp³-hybridized carbons (Fsp3) is 0.800. The zero-order valence-electron chi connectivity index (χ0n) is 14.0. The van der Waals surface area contributed by atoms with Crippen LogP contribution in [0.5, 0.6) is 0 Å². The lowest BCUT2D eigenvalue weighted by Crippen LogP contribution is -2.53. The van der Waals surface area contributed by atoms with Crippen LogP contribution in [0.25, 0.3) is 0 Å². The molecule has 5 aliphatic rings. The molecule has 3 heteroatoms. The van der Waals surface area contributed by atoms with Crippen molar-refractivity contribution in [2.75, 3.05) is 5.75 Å². The van der Waals surface area contributed by atoms with Crippen LogP contribution in [0, 0.1) is 28.6 Å². The lowest BCUT2D eigenvalue weighted by atomic mass is 9.46. The molecule has 0 aromatic carbocycles. The molecule has 6 atom stereocenters. The monoisotopic (exact) mass is 330 g/mol. The van der Waals surface area contributed by atoms with E-state index in [1.54, 1.807) is 0 Å². The Balaban J connectivity index is 1.57. The zero-order valence-corrected chi connectivity index (χ0v) is 14.8. The number of ketones is 2. The van der Waals surface area contributed by atoms with Crippen molar-refractivity contribution in [1.82, 2.24) is 0 Å². The molecule has 23 heavy (non-hydrogen) atoms. The van der Waals surface area contributed by atoms with Crippen molar-refractivity contribution in [2.24, 2.45) is 28.6 Å². The maximum atomic E-state index is 12.5. The summed E-state index contributed by atoms with van der Waals surface area (Å²) in [4.78, 5) is 24.5. The normalized spacial score (nSPS) is 51.6. The fourth-order valence-corrected chi connectivity index (χ4v) is 8.13. The standard InChI is InChI=1S/C20H26O2S/c1-19-8-7-16-14(15(19)4-5-17(19)22)3-2-12-10-13(21)6-9-20(12,16)18-11-23-18/h10,14-16,18H,2-9,11H2,1H3/t14?,15?,16?,18?,19-,20+/m0/s1. The van der Waals surface area contributed by atoms with Crippen LogP contribution in [0.1, 0.15) is 58.3 Å². The number of carbonyl (C=O) groups excluding carboxylic acids is 2. The molecule has 0 spiro atoms. The highest BCUT2D eigenvalue weighted by Crippen LogP contribution is 2.69. The average Bonchev–Trinajstić information content (AvgIpc) is 3.34. The second-order valence-electron chi connectivity index (χ2n) is 8.83. The van der Waals surface area contributed by atoms with Crippen LogP contribution in [0.4, 0.5) is 0 Å². The van der Waals surface area contributed by atoms with E-state index in [1.165, 1.54) is 24.2 Å². The molecule has 124 valence electrons. The molecule has 4 aliphatic carbocycles. The summed E-state index contributed by atoms with van der Waals surface area (Å²) in [6.07, 6.45) is 10.5. The number of rotatable bonds is 1. The minimum Gasteiger partial charge on any atom is -0.299 e. The highest BCUT2D eigenvalue weighted by molar-refractivity contribution is 8.06. The van der Waals surface area contributed by atoms with Gasteiger partial charge in [0, 0.05) is 34.7 Å². The SMILES string of the molecule is C[C@]12CCC3C(CCC4=CC(=O)CC[C@@]43C3CS3)C1CCC2=O. The van der Waals surface area contributed by atoms with E-state index in [1.807, 2.05) is 6.08 Å². The first-order valence-electron chi connectivity index (χ1n) is 9.44. The topological polar surface area (TPSA) is 34.1 Å². The second kappa shape index (κ2) is 4.74. The summed E-state index contributed by atoms with van der Waals surface area (Å²) >= 11 is 2.11. The molecule has 1 heterocycles. The Hall–Kier alpha value is -0.570. The van der Waals surface area contributed by atoms with Crippen LogP contribution in [0.3, 0.4) is 0 Å². The summed E-state index contributed by atoms with van der Waals surface area (Å²) in [6, 6.07) is 0. The smallest absolute Gasteiger partial charge is 0.155 e. The van der Waals surface area contributed by atoms with Crippen LogP contribution in [-0.4, -0.2) is 22.6 Å². The molecule has 0 bridgehead atoms. The van der Waals surface area contributed by atoms with Gasteiger partial charge in [-0.15, -0.1) is 0 Å². The van der Waals surface area contributed by atoms with Crippen molar-refractivity contribution in [3.8, 4) is 0 Å². The summed E-state index contributed by atoms with van der Waals surface area (Å²) in [6.45, 7) is 2.26. The third-order valence-electron chi connectivity index (χ3n) is 8.18. The summed E-state index contributed by atoms with van der Waals surface area (Å²) in [5, 5.41) is 0.760. The van der Waals surface area contributed by atoms with Crippen LogP contribution in [0.15, 0.2) is 11.6 Å². The Morgan fingerprint density at radius 3 is 2.65 bits per heavy atom. The largest absolute Gasteiger partial charge is 0.299 e. The third-order valence-corrected chi connectivity index (χ3v) is 9.27. The highest BCUT2D eigenvalue weighted by Gasteiger charge is 2.63. The van der Waals surface area contributed by atoms with Gasteiger partial charge in [0.15, 0.2) is 5.78 Å². The Morgan fingerprint density at radius 2 is 1.87 bits per heavy atom. The molecule has 3 saturated carbocycles. The van der Waals surface area contributed by atoms with Gasteiger partial charge < -0.3 is 0 Å². The van der Waals surface area contributed by atoms with E-state index in [4.69, 9.17) is 0 Å². The van der Waals surface area contributed by atoms with E-state index in [-0.39, 0.29) is 5.41 Å². The van der Waals surface area contributed by atoms with E-state index in [9.17, 15) is 9.59 Å². The number of allylic oxidation sites excluding steroid dienone is 1. The summed E-state index contributed by atoms with van der Waals surface area (Å²) < 4.78 is 0. The molecule has 4 unspecified atom stereocenters. The molecule has 0 aromatic heterocycles. The van der Waals surface area contributed by atoms with Crippen molar-refractivity contribution >= 4 is 23.3 Å². The average molecular weight is 330 g/mol. The van der Waals surface area contributed by atoms with Gasteiger partial charge in [0.2, 0.25) is 0 Å². The number of Topliss-reactive ketones (excluding diaryl/α,β-unsaturated/α-hetero) is 1. The van der Waals surface area contributed by atoms with Gasteiger partial charge in [-0.3, -0.25) is 9.59 Å². The van der Waals surface area contributed by atoms with Gasteiger partial charge in [0.25, 0.3) is 0 Å². The first kappa shape index (κ1) is 14.7. The number of thioether (sulfide) groups is 1. The second-order valence-corrected chi connectivity index (χ2v) is 10.1. The van der Waals surface area contributed by atoms with Gasteiger partial charge in [0.1, 0.15) is 5.78 Å². The number of fused-ring (bicyclic) bond motifs is 5. The van der Waals surface area contributed by atoms with Gasteiger partial charge in [-0.25, -0.2) is 0 Å². The molecule has 2 nitrogen and oxygen atoms in total. The Bertz CT molecular complexity index is 619. The van der Waals surface area contributed by atoms with Gasteiger partial charge in [-0.2, -0.15) is 11.8 Å². The Kier molecular flexibility index (Phi) is 3.04. The van der Waals surface area contributed by atoms with Crippen LogP contribution in [0.2, 0.25) is 0 Å². The molecule has 0 N–H and O–H groups in total. The lowest BCUT2D eigenvalue weighted by molar-refractivity contribution is -0.132. The van der Waals surface area contributed by atoms with Crippen molar-refractivity contribution in [3.63, 3.8) is 0 Å². The summed E-state index contributed by atoms with van der Waals surface area (Å²) in [7, 11) is 0. The minimum atomic E-state index is -0.0231. The van der Waals surface area contributed by atoms with E-state index < -0.39 is 0 Å². The molecule has 5 rings (SSSR count).